The number of rotatable bonds is 4. The Morgan fingerprint density at radius 2 is 1.74 bits per heavy atom. The van der Waals surface area contributed by atoms with Crippen molar-refractivity contribution in [2.75, 3.05) is 11.4 Å². The maximum atomic E-state index is 13.1. The van der Waals surface area contributed by atoms with E-state index >= 15 is 0 Å². The predicted octanol–water partition coefficient (Wildman–Crippen LogP) is 3.89. The number of nitrogens with zero attached hydrogens (tertiary/aromatic N) is 1. The highest BCUT2D eigenvalue weighted by Crippen LogP contribution is 2.29. The maximum absolute atomic E-state index is 13.1. The number of benzene rings is 2. The van der Waals surface area contributed by atoms with Crippen LogP contribution < -0.4 is 4.90 Å². The van der Waals surface area contributed by atoms with E-state index in [9.17, 15) is 13.2 Å². The number of fused-ring (bicyclic) bond motifs is 1. The fourth-order valence-electron chi connectivity index (χ4n) is 3.90. The third-order valence-corrected chi connectivity index (χ3v) is 7.42. The number of sulfone groups is 1. The summed E-state index contributed by atoms with van der Waals surface area (Å²) < 4.78 is 26.1. The molecule has 0 radical (unpaired) electrons. The highest BCUT2D eigenvalue weighted by molar-refractivity contribution is 7.92. The number of amides is 1. The first kappa shape index (κ1) is 19.6. The average molecular weight is 386 g/mol. The molecule has 0 saturated carbocycles. The molecule has 0 spiro atoms. The minimum Gasteiger partial charge on any atom is -0.311 e. The Labute approximate surface area is 162 Å². The molecule has 5 heteroatoms. The van der Waals surface area contributed by atoms with Crippen LogP contribution in [0.1, 0.15) is 41.2 Å². The lowest BCUT2D eigenvalue weighted by atomic mass is 10.0. The second kappa shape index (κ2) is 7.47. The van der Waals surface area contributed by atoms with Gasteiger partial charge in [-0.3, -0.25) is 4.79 Å². The fourth-order valence-corrected chi connectivity index (χ4v) is 5.44. The summed E-state index contributed by atoms with van der Waals surface area (Å²) in [6, 6.07) is 11.7. The van der Waals surface area contributed by atoms with Crippen LogP contribution >= 0.6 is 0 Å². The van der Waals surface area contributed by atoms with Crippen LogP contribution in [0.3, 0.4) is 0 Å². The number of anilines is 1. The summed E-state index contributed by atoms with van der Waals surface area (Å²) in [7, 11) is -3.61. The normalized spacial score (nSPS) is 15.3. The Kier molecular flexibility index (Phi) is 5.43. The first-order chi connectivity index (χ1) is 12.7. The molecule has 0 saturated heterocycles. The van der Waals surface area contributed by atoms with Gasteiger partial charge in [0, 0.05) is 12.2 Å². The van der Waals surface area contributed by atoms with Crippen molar-refractivity contribution >= 4 is 21.4 Å². The van der Waals surface area contributed by atoms with E-state index in [0.717, 1.165) is 46.3 Å². The standard InChI is InChI=1S/C22H27NO3S/c1-15-12-16(2)20(17(3)13-15)14-27(25,26)18(4)22(24)23-11-7-9-19-8-5-6-10-21(19)23/h5-6,8,10,12-13,18H,7,9,11,14H2,1-4H3. The summed E-state index contributed by atoms with van der Waals surface area (Å²) >= 11 is 0. The molecule has 1 atom stereocenters. The monoisotopic (exact) mass is 385 g/mol. The molecule has 27 heavy (non-hydrogen) atoms. The van der Waals surface area contributed by atoms with Gasteiger partial charge < -0.3 is 4.90 Å². The van der Waals surface area contributed by atoms with Gasteiger partial charge in [-0.25, -0.2) is 8.42 Å². The second-order valence-corrected chi connectivity index (χ2v) is 9.87. The van der Waals surface area contributed by atoms with Gasteiger partial charge in [0.25, 0.3) is 0 Å². The minimum atomic E-state index is -3.61. The maximum Gasteiger partial charge on any atom is 0.245 e. The van der Waals surface area contributed by atoms with Crippen LogP contribution in [0.15, 0.2) is 36.4 Å². The molecule has 3 rings (SSSR count). The van der Waals surface area contributed by atoms with Crippen LogP contribution in [0.4, 0.5) is 5.69 Å². The molecule has 0 bridgehead atoms. The molecule has 0 aromatic heterocycles. The molecule has 0 N–H and O–H groups in total. The van der Waals surface area contributed by atoms with Crippen molar-refractivity contribution in [3.63, 3.8) is 0 Å². The van der Waals surface area contributed by atoms with Gasteiger partial charge >= 0.3 is 0 Å². The molecule has 0 fully saturated rings. The number of para-hydroxylation sites is 1. The smallest absolute Gasteiger partial charge is 0.245 e. The molecule has 0 aliphatic carbocycles. The SMILES string of the molecule is Cc1cc(C)c(CS(=O)(=O)C(C)C(=O)N2CCCc3ccccc32)c(C)c1. The number of carbonyl (C=O) groups is 1. The van der Waals surface area contributed by atoms with Gasteiger partial charge in [0.05, 0.1) is 5.75 Å². The van der Waals surface area contributed by atoms with E-state index in [-0.39, 0.29) is 11.7 Å². The highest BCUT2D eigenvalue weighted by atomic mass is 32.2. The lowest BCUT2D eigenvalue weighted by Gasteiger charge is -2.31. The van der Waals surface area contributed by atoms with E-state index in [0.29, 0.717) is 6.54 Å². The third kappa shape index (κ3) is 3.93. The molecular weight excluding hydrogens is 358 g/mol. The number of carbonyl (C=O) groups excluding carboxylic acids is 1. The molecule has 1 amide bonds. The van der Waals surface area contributed by atoms with Crippen LogP contribution in [-0.4, -0.2) is 26.1 Å². The van der Waals surface area contributed by atoms with Crippen LogP contribution in [0.2, 0.25) is 0 Å². The predicted molar refractivity (Wildman–Crippen MR) is 110 cm³/mol. The van der Waals surface area contributed by atoms with Gasteiger partial charge in [-0.15, -0.1) is 0 Å². The molecule has 2 aromatic rings. The number of aryl methyl sites for hydroxylation is 4. The summed E-state index contributed by atoms with van der Waals surface area (Å²) in [6.45, 7) is 7.95. The molecule has 1 aliphatic rings. The first-order valence-electron chi connectivity index (χ1n) is 9.38. The average Bonchev–Trinajstić information content (AvgIpc) is 2.63. The third-order valence-electron chi connectivity index (χ3n) is 5.45. The zero-order valence-corrected chi connectivity index (χ0v) is 17.3. The zero-order valence-electron chi connectivity index (χ0n) is 16.5. The molecule has 4 nitrogen and oxygen atoms in total. The Morgan fingerprint density at radius 1 is 1.11 bits per heavy atom. The van der Waals surface area contributed by atoms with Crippen LogP contribution in [-0.2, 0) is 26.8 Å². The minimum absolute atomic E-state index is 0.104. The fraction of sp³-hybridized carbons (Fsp3) is 0.409. The molecule has 2 aromatic carbocycles. The summed E-state index contributed by atoms with van der Waals surface area (Å²) in [5, 5.41) is -1.07. The van der Waals surface area contributed by atoms with Crippen molar-refractivity contribution in [3.05, 3.63) is 64.2 Å². The highest BCUT2D eigenvalue weighted by Gasteiger charge is 2.34. The first-order valence-corrected chi connectivity index (χ1v) is 11.1. The largest absolute Gasteiger partial charge is 0.311 e. The summed E-state index contributed by atoms with van der Waals surface area (Å²) in [4.78, 5) is 14.7. The Morgan fingerprint density at radius 3 is 2.41 bits per heavy atom. The van der Waals surface area contributed by atoms with E-state index in [1.54, 1.807) is 4.90 Å². The van der Waals surface area contributed by atoms with Crippen molar-refractivity contribution < 1.29 is 13.2 Å². The van der Waals surface area contributed by atoms with Crippen LogP contribution in [0, 0.1) is 20.8 Å². The lowest BCUT2D eigenvalue weighted by Crippen LogP contribution is -2.44. The van der Waals surface area contributed by atoms with Crippen molar-refractivity contribution in [1.29, 1.82) is 0 Å². The van der Waals surface area contributed by atoms with Gasteiger partial charge in [0.1, 0.15) is 5.25 Å². The van der Waals surface area contributed by atoms with E-state index in [1.165, 1.54) is 6.92 Å². The molecule has 1 unspecified atom stereocenters. The van der Waals surface area contributed by atoms with Gasteiger partial charge in [-0.1, -0.05) is 35.9 Å². The summed E-state index contributed by atoms with van der Waals surface area (Å²) in [5.74, 6) is -0.433. The van der Waals surface area contributed by atoms with Crippen LogP contribution in [0.25, 0.3) is 0 Å². The van der Waals surface area contributed by atoms with Crippen molar-refractivity contribution in [2.45, 2.75) is 51.5 Å². The molecule has 1 heterocycles. The Balaban J connectivity index is 1.87. The molecular formula is C22H27NO3S. The van der Waals surface area contributed by atoms with Crippen molar-refractivity contribution in [3.8, 4) is 0 Å². The Bertz CT molecular complexity index is 956. The van der Waals surface area contributed by atoms with Crippen molar-refractivity contribution in [2.24, 2.45) is 0 Å². The van der Waals surface area contributed by atoms with E-state index < -0.39 is 15.1 Å². The van der Waals surface area contributed by atoms with E-state index in [4.69, 9.17) is 0 Å². The van der Waals surface area contributed by atoms with Gasteiger partial charge in [0.15, 0.2) is 9.84 Å². The summed E-state index contributed by atoms with van der Waals surface area (Å²) in [5.41, 5.74) is 5.78. The number of hydrogen-bond acceptors (Lipinski definition) is 3. The van der Waals surface area contributed by atoms with E-state index in [2.05, 4.69) is 0 Å². The molecule has 1 aliphatic heterocycles. The van der Waals surface area contributed by atoms with E-state index in [1.807, 2.05) is 57.2 Å². The Hall–Kier alpha value is -2.14. The lowest BCUT2D eigenvalue weighted by molar-refractivity contribution is -0.118. The topological polar surface area (TPSA) is 54.5 Å². The molecule has 144 valence electrons. The zero-order chi connectivity index (χ0) is 19.8. The quantitative estimate of drug-likeness (QED) is 0.802. The van der Waals surface area contributed by atoms with Gasteiger partial charge in [-0.2, -0.15) is 0 Å². The van der Waals surface area contributed by atoms with Gasteiger partial charge in [-0.05, 0) is 68.9 Å². The summed E-state index contributed by atoms with van der Waals surface area (Å²) in [6.07, 6.45) is 1.77. The second-order valence-electron chi connectivity index (χ2n) is 7.55. The van der Waals surface area contributed by atoms with Crippen LogP contribution in [0.5, 0.6) is 0 Å². The van der Waals surface area contributed by atoms with Gasteiger partial charge in [0.2, 0.25) is 5.91 Å². The number of hydrogen-bond donors (Lipinski definition) is 0. The van der Waals surface area contributed by atoms with Crippen molar-refractivity contribution in [1.82, 2.24) is 0 Å².